The van der Waals surface area contributed by atoms with Crippen LogP contribution in [0.3, 0.4) is 0 Å². The number of nitrogens with zero attached hydrogens (tertiary/aromatic N) is 1. The molecule has 1 aromatic rings. The summed E-state index contributed by atoms with van der Waals surface area (Å²) in [6.07, 6.45) is 0.803. The summed E-state index contributed by atoms with van der Waals surface area (Å²) in [5.74, 6) is -0.0127. The number of carbonyl (C=O) groups is 1. The molecule has 0 spiro atoms. The Hall–Kier alpha value is -1.82. The minimum atomic E-state index is -0.0127. The molecular formula is C12H14N2O. The number of rotatable bonds is 3. The maximum Gasteiger partial charge on any atom is 0.216 e. The number of carbonyl (C=O) groups excluding carboxylic acids is 1. The van der Waals surface area contributed by atoms with Gasteiger partial charge in [-0.1, -0.05) is 6.07 Å². The van der Waals surface area contributed by atoms with Crippen LogP contribution in [0.4, 0.5) is 0 Å². The highest BCUT2D eigenvalue weighted by Gasteiger charge is 2.00. The molecule has 0 heterocycles. The number of benzene rings is 1. The van der Waals surface area contributed by atoms with Crippen LogP contribution in [0.2, 0.25) is 0 Å². The van der Waals surface area contributed by atoms with Crippen molar-refractivity contribution in [3.8, 4) is 6.07 Å². The molecule has 0 aliphatic rings. The van der Waals surface area contributed by atoms with Crippen molar-refractivity contribution < 1.29 is 4.79 Å². The van der Waals surface area contributed by atoms with Crippen LogP contribution in [0.25, 0.3) is 0 Å². The molecule has 0 aliphatic heterocycles. The molecule has 0 saturated carbocycles. The van der Waals surface area contributed by atoms with Crippen LogP contribution in [-0.4, -0.2) is 12.5 Å². The van der Waals surface area contributed by atoms with Crippen molar-refractivity contribution in [2.45, 2.75) is 20.3 Å². The minimum Gasteiger partial charge on any atom is -0.356 e. The summed E-state index contributed by atoms with van der Waals surface area (Å²) < 4.78 is 0. The summed E-state index contributed by atoms with van der Waals surface area (Å²) in [6.45, 7) is 4.12. The van der Waals surface area contributed by atoms with Crippen LogP contribution in [0, 0.1) is 18.3 Å². The van der Waals surface area contributed by atoms with Gasteiger partial charge in [0.15, 0.2) is 0 Å². The Balaban J connectivity index is 2.63. The Morgan fingerprint density at radius 2 is 2.27 bits per heavy atom. The summed E-state index contributed by atoms with van der Waals surface area (Å²) >= 11 is 0. The van der Waals surface area contributed by atoms with Gasteiger partial charge in [0, 0.05) is 13.5 Å². The summed E-state index contributed by atoms with van der Waals surface area (Å²) in [5, 5.41) is 11.4. The number of aryl methyl sites for hydroxylation is 1. The van der Waals surface area contributed by atoms with Gasteiger partial charge in [-0.3, -0.25) is 4.79 Å². The topological polar surface area (TPSA) is 52.9 Å². The van der Waals surface area contributed by atoms with Crippen molar-refractivity contribution in [2.24, 2.45) is 0 Å². The lowest BCUT2D eigenvalue weighted by atomic mass is 10.0. The van der Waals surface area contributed by atoms with Gasteiger partial charge in [-0.15, -0.1) is 0 Å². The average Bonchev–Trinajstić information content (AvgIpc) is 2.20. The molecule has 0 aromatic heterocycles. The zero-order chi connectivity index (χ0) is 11.3. The zero-order valence-corrected chi connectivity index (χ0v) is 9.00. The fourth-order valence-corrected chi connectivity index (χ4v) is 1.42. The van der Waals surface area contributed by atoms with Crippen LogP contribution in [0.5, 0.6) is 0 Å². The first-order chi connectivity index (χ1) is 7.13. The zero-order valence-electron chi connectivity index (χ0n) is 9.00. The van der Waals surface area contributed by atoms with E-state index in [0.717, 1.165) is 12.0 Å². The fraction of sp³-hybridized carbons (Fsp3) is 0.333. The van der Waals surface area contributed by atoms with Crippen LogP contribution in [0.1, 0.15) is 23.6 Å². The average molecular weight is 202 g/mol. The number of hydrogen-bond donors (Lipinski definition) is 1. The molecule has 3 heteroatoms. The molecular weight excluding hydrogens is 188 g/mol. The summed E-state index contributed by atoms with van der Waals surface area (Å²) in [4.78, 5) is 10.7. The first-order valence-electron chi connectivity index (χ1n) is 4.87. The molecule has 15 heavy (non-hydrogen) atoms. The fourth-order valence-electron chi connectivity index (χ4n) is 1.42. The third kappa shape index (κ3) is 3.43. The number of nitriles is 1. The smallest absolute Gasteiger partial charge is 0.216 e. The van der Waals surface area contributed by atoms with Gasteiger partial charge in [0.2, 0.25) is 5.91 Å². The molecule has 0 radical (unpaired) electrons. The molecule has 0 bridgehead atoms. The number of hydrogen-bond acceptors (Lipinski definition) is 2. The first kappa shape index (κ1) is 11.3. The van der Waals surface area contributed by atoms with E-state index >= 15 is 0 Å². The summed E-state index contributed by atoms with van der Waals surface area (Å²) in [7, 11) is 0. The van der Waals surface area contributed by atoms with Crippen LogP contribution >= 0.6 is 0 Å². The third-order valence-electron chi connectivity index (χ3n) is 2.24. The van der Waals surface area contributed by atoms with E-state index in [-0.39, 0.29) is 5.91 Å². The van der Waals surface area contributed by atoms with Gasteiger partial charge in [0.05, 0.1) is 11.6 Å². The highest BCUT2D eigenvalue weighted by Crippen LogP contribution is 2.10. The molecule has 0 fully saturated rings. The molecule has 1 amide bonds. The minimum absolute atomic E-state index is 0.0127. The SMILES string of the molecule is CC(=O)NCCc1ccc(C#N)cc1C. The molecule has 1 rings (SSSR count). The Bertz CT molecular complexity index is 405. The first-order valence-corrected chi connectivity index (χ1v) is 4.87. The van der Waals surface area contributed by atoms with Crippen molar-refractivity contribution in [3.63, 3.8) is 0 Å². The second kappa shape index (κ2) is 5.16. The Morgan fingerprint density at radius 1 is 1.53 bits per heavy atom. The van der Waals surface area contributed by atoms with E-state index in [1.165, 1.54) is 12.5 Å². The van der Waals surface area contributed by atoms with Gasteiger partial charge >= 0.3 is 0 Å². The third-order valence-corrected chi connectivity index (χ3v) is 2.24. The lowest BCUT2D eigenvalue weighted by Gasteiger charge is -2.06. The Kier molecular flexibility index (Phi) is 3.87. The number of nitrogens with one attached hydrogen (secondary N) is 1. The van der Waals surface area contributed by atoms with Crippen molar-refractivity contribution in [1.29, 1.82) is 5.26 Å². The second-order valence-electron chi connectivity index (χ2n) is 3.49. The van der Waals surface area contributed by atoms with Crippen molar-refractivity contribution in [1.82, 2.24) is 5.32 Å². The van der Waals surface area contributed by atoms with E-state index in [4.69, 9.17) is 5.26 Å². The molecule has 78 valence electrons. The van der Waals surface area contributed by atoms with Gasteiger partial charge in [0.1, 0.15) is 0 Å². The lowest BCUT2D eigenvalue weighted by Crippen LogP contribution is -2.22. The van der Waals surface area contributed by atoms with Crippen LogP contribution in [0.15, 0.2) is 18.2 Å². The maximum atomic E-state index is 10.7. The van der Waals surface area contributed by atoms with Gasteiger partial charge < -0.3 is 5.32 Å². The molecule has 0 unspecified atom stereocenters. The van der Waals surface area contributed by atoms with Crippen LogP contribution in [-0.2, 0) is 11.2 Å². The van der Waals surface area contributed by atoms with E-state index in [9.17, 15) is 4.79 Å². The largest absolute Gasteiger partial charge is 0.356 e. The van der Waals surface area contributed by atoms with Crippen molar-refractivity contribution in [3.05, 3.63) is 34.9 Å². The summed E-state index contributed by atoms with van der Waals surface area (Å²) in [6, 6.07) is 7.71. The predicted molar refractivity (Wildman–Crippen MR) is 58.3 cm³/mol. The second-order valence-corrected chi connectivity index (χ2v) is 3.49. The van der Waals surface area contributed by atoms with E-state index in [1.54, 1.807) is 6.07 Å². The van der Waals surface area contributed by atoms with Gasteiger partial charge in [-0.25, -0.2) is 0 Å². The molecule has 0 atom stereocenters. The van der Waals surface area contributed by atoms with E-state index in [2.05, 4.69) is 11.4 Å². The molecule has 1 N–H and O–H groups in total. The standard InChI is InChI=1S/C12H14N2O/c1-9-7-11(8-13)3-4-12(9)5-6-14-10(2)15/h3-4,7H,5-6H2,1-2H3,(H,14,15). The Morgan fingerprint density at radius 3 is 2.80 bits per heavy atom. The Labute approximate surface area is 89.7 Å². The normalized spacial score (nSPS) is 9.40. The molecule has 0 saturated heterocycles. The summed E-state index contributed by atoms with van der Waals surface area (Å²) in [5.41, 5.74) is 2.94. The quantitative estimate of drug-likeness (QED) is 0.808. The van der Waals surface area contributed by atoms with Crippen LogP contribution < -0.4 is 5.32 Å². The highest BCUT2D eigenvalue weighted by molar-refractivity contribution is 5.72. The van der Waals surface area contributed by atoms with Gasteiger partial charge in [0.25, 0.3) is 0 Å². The molecule has 3 nitrogen and oxygen atoms in total. The maximum absolute atomic E-state index is 10.7. The number of amides is 1. The van der Waals surface area contributed by atoms with Gasteiger partial charge in [-0.2, -0.15) is 5.26 Å². The van der Waals surface area contributed by atoms with E-state index in [1.807, 2.05) is 19.1 Å². The monoisotopic (exact) mass is 202 g/mol. The van der Waals surface area contributed by atoms with E-state index in [0.29, 0.717) is 12.1 Å². The van der Waals surface area contributed by atoms with Crippen molar-refractivity contribution >= 4 is 5.91 Å². The highest BCUT2D eigenvalue weighted by atomic mass is 16.1. The van der Waals surface area contributed by atoms with E-state index < -0.39 is 0 Å². The van der Waals surface area contributed by atoms with Crippen molar-refractivity contribution in [2.75, 3.05) is 6.54 Å². The molecule has 1 aromatic carbocycles. The predicted octanol–water partition coefficient (Wildman–Crippen LogP) is 1.55. The lowest BCUT2D eigenvalue weighted by molar-refractivity contribution is -0.118. The van der Waals surface area contributed by atoms with Gasteiger partial charge in [-0.05, 0) is 36.6 Å². The molecule has 0 aliphatic carbocycles.